The fourth-order valence-electron chi connectivity index (χ4n) is 2.67. The number of hydrogen-bond acceptors (Lipinski definition) is 3. The van der Waals surface area contributed by atoms with Crippen LogP contribution in [0.25, 0.3) is 0 Å². The summed E-state index contributed by atoms with van der Waals surface area (Å²) in [5.74, 6) is -0.378. The third-order valence-corrected chi connectivity index (χ3v) is 4.33. The van der Waals surface area contributed by atoms with Gasteiger partial charge in [0, 0.05) is 13.6 Å². The Morgan fingerprint density at radius 2 is 1.76 bits per heavy atom. The summed E-state index contributed by atoms with van der Waals surface area (Å²) in [5, 5.41) is 12.3. The van der Waals surface area contributed by atoms with Gasteiger partial charge in [-0.2, -0.15) is 0 Å². The lowest BCUT2D eigenvalue weighted by Crippen LogP contribution is -2.58. The number of aliphatic carboxylic acids is 1. The number of rotatable bonds is 6. The van der Waals surface area contributed by atoms with Crippen molar-refractivity contribution < 1.29 is 14.7 Å². The SMILES string of the molecule is CC1CCC(NC(=O)N(C)CCCN(C)C)(C(=O)O)CC1. The van der Waals surface area contributed by atoms with Crippen LogP contribution in [0, 0.1) is 5.92 Å². The molecule has 0 aromatic carbocycles. The molecule has 0 radical (unpaired) electrons. The first-order chi connectivity index (χ1) is 9.77. The van der Waals surface area contributed by atoms with Crippen LogP contribution in [0.2, 0.25) is 0 Å². The van der Waals surface area contributed by atoms with Gasteiger partial charge >= 0.3 is 12.0 Å². The van der Waals surface area contributed by atoms with E-state index in [4.69, 9.17) is 0 Å². The van der Waals surface area contributed by atoms with Gasteiger partial charge in [-0.3, -0.25) is 0 Å². The topological polar surface area (TPSA) is 72.9 Å². The van der Waals surface area contributed by atoms with Crippen molar-refractivity contribution in [2.24, 2.45) is 5.92 Å². The second-order valence-corrected chi connectivity index (χ2v) is 6.58. The van der Waals surface area contributed by atoms with Gasteiger partial charge in [-0.05, 0) is 58.7 Å². The second kappa shape index (κ2) is 7.64. The van der Waals surface area contributed by atoms with Crippen molar-refractivity contribution in [2.45, 2.75) is 44.6 Å². The Morgan fingerprint density at radius 1 is 1.19 bits per heavy atom. The molecule has 1 saturated carbocycles. The fraction of sp³-hybridized carbons (Fsp3) is 0.867. The zero-order valence-electron chi connectivity index (χ0n) is 13.7. The number of carboxylic acid groups (broad SMARTS) is 1. The van der Waals surface area contributed by atoms with E-state index < -0.39 is 11.5 Å². The van der Waals surface area contributed by atoms with Crippen LogP contribution >= 0.6 is 0 Å². The predicted octanol–water partition coefficient (Wildman–Crippen LogP) is 1.61. The number of nitrogens with zero attached hydrogens (tertiary/aromatic N) is 2. The molecule has 2 N–H and O–H groups in total. The van der Waals surface area contributed by atoms with Gasteiger partial charge in [0.15, 0.2) is 0 Å². The molecule has 1 aliphatic rings. The number of carboxylic acids is 1. The summed E-state index contributed by atoms with van der Waals surface area (Å²) in [5.41, 5.74) is -1.08. The van der Waals surface area contributed by atoms with Crippen LogP contribution in [0.1, 0.15) is 39.0 Å². The largest absolute Gasteiger partial charge is 0.480 e. The molecule has 6 heteroatoms. The number of amides is 2. The average Bonchev–Trinajstić information content (AvgIpc) is 2.40. The van der Waals surface area contributed by atoms with Gasteiger partial charge in [-0.15, -0.1) is 0 Å². The Balaban J connectivity index is 2.55. The van der Waals surface area contributed by atoms with E-state index in [1.54, 1.807) is 11.9 Å². The quantitative estimate of drug-likeness (QED) is 0.781. The van der Waals surface area contributed by atoms with E-state index in [0.717, 1.165) is 25.8 Å². The molecule has 0 aromatic heterocycles. The first-order valence-corrected chi connectivity index (χ1v) is 7.68. The van der Waals surface area contributed by atoms with Crippen LogP contribution in [0.15, 0.2) is 0 Å². The van der Waals surface area contributed by atoms with Crippen molar-refractivity contribution in [1.82, 2.24) is 15.1 Å². The van der Waals surface area contributed by atoms with Crippen LogP contribution in [-0.4, -0.2) is 66.7 Å². The van der Waals surface area contributed by atoms with E-state index in [9.17, 15) is 14.7 Å². The molecule has 0 aromatic rings. The maximum atomic E-state index is 12.2. The highest BCUT2D eigenvalue weighted by atomic mass is 16.4. The molecule has 1 fully saturated rings. The molecule has 21 heavy (non-hydrogen) atoms. The lowest BCUT2D eigenvalue weighted by molar-refractivity contribution is -0.146. The standard InChI is InChI=1S/C15H29N3O3/c1-12-6-8-15(9-7-12,13(19)20)16-14(21)18(4)11-5-10-17(2)3/h12H,5-11H2,1-4H3,(H,16,21)(H,19,20). The fourth-order valence-corrected chi connectivity index (χ4v) is 2.67. The van der Waals surface area contributed by atoms with Gasteiger partial charge in [0.2, 0.25) is 0 Å². The summed E-state index contributed by atoms with van der Waals surface area (Å²) in [6.45, 7) is 3.65. The minimum Gasteiger partial charge on any atom is -0.480 e. The molecule has 1 aliphatic carbocycles. The molecule has 6 nitrogen and oxygen atoms in total. The first-order valence-electron chi connectivity index (χ1n) is 7.68. The van der Waals surface area contributed by atoms with Crippen molar-refractivity contribution in [3.8, 4) is 0 Å². The molecule has 0 saturated heterocycles. The Bertz CT molecular complexity index is 363. The van der Waals surface area contributed by atoms with E-state index in [1.165, 1.54) is 0 Å². The van der Waals surface area contributed by atoms with Crippen LogP contribution in [0.5, 0.6) is 0 Å². The molecule has 0 heterocycles. The summed E-state index contributed by atoms with van der Waals surface area (Å²) in [7, 11) is 5.69. The minimum absolute atomic E-state index is 0.286. The van der Waals surface area contributed by atoms with Gasteiger partial charge in [0.25, 0.3) is 0 Å². The normalized spacial score (nSPS) is 25.7. The molecule has 1 rings (SSSR count). The summed E-state index contributed by atoms with van der Waals surface area (Å²) in [4.78, 5) is 27.5. The summed E-state index contributed by atoms with van der Waals surface area (Å²) in [6, 6.07) is -0.286. The summed E-state index contributed by atoms with van der Waals surface area (Å²) in [6.07, 6.45) is 3.59. The zero-order chi connectivity index (χ0) is 16.0. The molecule has 0 spiro atoms. The number of carbonyl (C=O) groups excluding carboxylic acids is 1. The van der Waals surface area contributed by atoms with Crippen molar-refractivity contribution >= 4 is 12.0 Å². The van der Waals surface area contributed by atoms with Crippen molar-refractivity contribution in [3.63, 3.8) is 0 Å². The van der Waals surface area contributed by atoms with Crippen LogP contribution in [-0.2, 0) is 4.79 Å². The number of hydrogen-bond donors (Lipinski definition) is 2. The predicted molar refractivity (Wildman–Crippen MR) is 82.3 cm³/mol. The van der Waals surface area contributed by atoms with Gasteiger partial charge < -0.3 is 20.2 Å². The van der Waals surface area contributed by atoms with E-state index in [1.807, 2.05) is 14.1 Å². The number of nitrogens with one attached hydrogen (secondary N) is 1. The Kier molecular flexibility index (Phi) is 6.45. The summed E-state index contributed by atoms with van der Waals surface area (Å²) < 4.78 is 0. The maximum absolute atomic E-state index is 12.2. The molecule has 0 atom stereocenters. The third-order valence-electron chi connectivity index (χ3n) is 4.33. The van der Waals surface area contributed by atoms with Crippen molar-refractivity contribution in [1.29, 1.82) is 0 Å². The smallest absolute Gasteiger partial charge is 0.329 e. The Morgan fingerprint density at radius 3 is 2.24 bits per heavy atom. The van der Waals surface area contributed by atoms with Gasteiger partial charge in [-0.1, -0.05) is 6.92 Å². The number of urea groups is 1. The highest BCUT2D eigenvalue weighted by Gasteiger charge is 2.42. The monoisotopic (exact) mass is 299 g/mol. The lowest BCUT2D eigenvalue weighted by Gasteiger charge is -2.37. The second-order valence-electron chi connectivity index (χ2n) is 6.58. The average molecular weight is 299 g/mol. The zero-order valence-corrected chi connectivity index (χ0v) is 13.7. The van der Waals surface area contributed by atoms with Crippen molar-refractivity contribution in [3.05, 3.63) is 0 Å². The highest BCUT2D eigenvalue weighted by Crippen LogP contribution is 2.32. The minimum atomic E-state index is -1.08. The third kappa shape index (κ3) is 5.19. The van der Waals surface area contributed by atoms with E-state index in [2.05, 4.69) is 17.1 Å². The summed E-state index contributed by atoms with van der Waals surface area (Å²) >= 11 is 0. The molecule has 0 bridgehead atoms. The first kappa shape index (κ1) is 17.8. The van der Waals surface area contributed by atoms with E-state index in [0.29, 0.717) is 25.3 Å². The molecule has 122 valence electrons. The lowest BCUT2D eigenvalue weighted by atomic mass is 9.77. The van der Waals surface area contributed by atoms with E-state index in [-0.39, 0.29) is 6.03 Å². The maximum Gasteiger partial charge on any atom is 0.329 e. The molecule has 2 amide bonds. The Labute approximate surface area is 127 Å². The van der Waals surface area contributed by atoms with Crippen LogP contribution in [0.3, 0.4) is 0 Å². The molecular weight excluding hydrogens is 270 g/mol. The highest BCUT2D eigenvalue weighted by molar-refractivity contribution is 5.86. The Hall–Kier alpha value is -1.30. The van der Waals surface area contributed by atoms with Crippen molar-refractivity contribution in [2.75, 3.05) is 34.2 Å². The molecule has 0 unspecified atom stereocenters. The van der Waals surface area contributed by atoms with E-state index >= 15 is 0 Å². The van der Waals surface area contributed by atoms with Crippen LogP contribution < -0.4 is 5.32 Å². The molecular formula is C15H29N3O3. The van der Waals surface area contributed by atoms with Gasteiger partial charge in [0.05, 0.1) is 0 Å². The number of carbonyl (C=O) groups is 2. The van der Waals surface area contributed by atoms with Crippen LogP contribution in [0.4, 0.5) is 4.79 Å². The van der Waals surface area contributed by atoms with Gasteiger partial charge in [-0.25, -0.2) is 9.59 Å². The molecule has 0 aliphatic heterocycles. The van der Waals surface area contributed by atoms with Gasteiger partial charge in [0.1, 0.15) is 5.54 Å².